The summed E-state index contributed by atoms with van der Waals surface area (Å²) in [5.74, 6) is -0.826. The average molecular weight is 637 g/mol. The lowest BCUT2D eigenvalue weighted by molar-refractivity contribution is -0.158. The average Bonchev–Trinajstić information content (AvgIpc) is 3.77. The van der Waals surface area contributed by atoms with Gasteiger partial charge in [0.05, 0.1) is 0 Å². The number of carbonyl (C=O) groups is 3. The molecule has 7 rings (SSSR count). The summed E-state index contributed by atoms with van der Waals surface area (Å²) < 4.78 is 12.6. The third-order valence-corrected chi connectivity index (χ3v) is 9.49. The standard InChI is InChI=1S/C41H36N2O5/c1-42-38(44)28-22-24-31(25-23-28)41(29-13-4-2-5-14-29,30-15-6-3-7-16-30)48-39(45)37-21-12-26-43(37)40(46)47-27-36-34-19-10-8-17-32(34)33-18-9-11-20-35(33)36/h2-11,13-20,22-25,36-37H,12,21,26-27H2,1H3,(H,42,44)/t37-/m1/s1. The molecule has 2 amide bonds. The molecule has 1 aliphatic carbocycles. The van der Waals surface area contributed by atoms with Crippen molar-refractivity contribution in [3.05, 3.63) is 167 Å². The minimum absolute atomic E-state index is 0.0871. The Morgan fingerprint density at radius 2 is 1.23 bits per heavy atom. The minimum Gasteiger partial charge on any atom is -0.448 e. The molecule has 1 saturated heterocycles. The van der Waals surface area contributed by atoms with Crippen molar-refractivity contribution in [2.45, 2.75) is 30.4 Å². The van der Waals surface area contributed by atoms with Crippen molar-refractivity contribution >= 4 is 18.0 Å². The van der Waals surface area contributed by atoms with Crippen LogP contribution in [0.15, 0.2) is 133 Å². The number of benzene rings is 5. The highest BCUT2D eigenvalue weighted by atomic mass is 16.6. The van der Waals surface area contributed by atoms with Gasteiger partial charge in [-0.15, -0.1) is 0 Å². The van der Waals surface area contributed by atoms with E-state index in [1.807, 2.05) is 97.1 Å². The van der Waals surface area contributed by atoms with Crippen molar-refractivity contribution < 1.29 is 23.9 Å². The Kier molecular flexibility index (Phi) is 8.51. The first kappa shape index (κ1) is 30.9. The Morgan fingerprint density at radius 3 is 1.79 bits per heavy atom. The van der Waals surface area contributed by atoms with E-state index >= 15 is 0 Å². The van der Waals surface area contributed by atoms with Gasteiger partial charge in [-0.25, -0.2) is 9.59 Å². The molecule has 0 aromatic heterocycles. The van der Waals surface area contributed by atoms with E-state index in [0.29, 0.717) is 30.5 Å². The van der Waals surface area contributed by atoms with Crippen molar-refractivity contribution in [2.24, 2.45) is 0 Å². The molecule has 5 aromatic rings. The molecule has 0 spiro atoms. The third kappa shape index (κ3) is 5.51. The zero-order valence-corrected chi connectivity index (χ0v) is 26.7. The van der Waals surface area contributed by atoms with Crippen molar-refractivity contribution in [3.8, 4) is 11.1 Å². The van der Waals surface area contributed by atoms with Gasteiger partial charge in [0.2, 0.25) is 0 Å². The molecule has 240 valence electrons. The van der Waals surface area contributed by atoms with Gasteiger partial charge < -0.3 is 14.8 Å². The van der Waals surface area contributed by atoms with Gasteiger partial charge in [0, 0.05) is 41.8 Å². The quantitative estimate of drug-likeness (QED) is 0.143. The summed E-state index contributed by atoms with van der Waals surface area (Å²) in [5, 5.41) is 2.65. The smallest absolute Gasteiger partial charge is 0.410 e. The molecular formula is C41H36N2O5. The van der Waals surface area contributed by atoms with E-state index in [9.17, 15) is 14.4 Å². The third-order valence-electron chi connectivity index (χ3n) is 9.49. The van der Waals surface area contributed by atoms with E-state index in [1.165, 1.54) is 4.90 Å². The molecule has 7 heteroatoms. The molecule has 0 radical (unpaired) electrons. The number of hydrogen-bond donors (Lipinski definition) is 1. The van der Waals surface area contributed by atoms with Gasteiger partial charge in [0.25, 0.3) is 5.91 Å². The maximum Gasteiger partial charge on any atom is 0.410 e. The predicted molar refractivity (Wildman–Crippen MR) is 183 cm³/mol. The molecule has 1 heterocycles. The number of fused-ring (bicyclic) bond motifs is 3. The number of ether oxygens (including phenoxy) is 2. The zero-order chi connectivity index (χ0) is 33.1. The van der Waals surface area contributed by atoms with Crippen LogP contribution in [0.2, 0.25) is 0 Å². The van der Waals surface area contributed by atoms with Gasteiger partial charge in [0.1, 0.15) is 12.6 Å². The summed E-state index contributed by atoms with van der Waals surface area (Å²) in [4.78, 5) is 42.0. The molecule has 0 bridgehead atoms. The molecular weight excluding hydrogens is 600 g/mol. The van der Waals surface area contributed by atoms with Crippen LogP contribution in [0.5, 0.6) is 0 Å². The number of esters is 1. The normalized spacial score (nSPS) is 15.4. The summed E-state index contributed by atoms with van der Waals surface area (Å²) in [7, 11) is 1.58. The van der Waals surface area contributed by atoms with Gasteiger partial charge >= 0.3 is 12.1 Å². The maximum absolute atomic E-state index is 14.4. The lowest BCUT2D eigenvalue weighted by Gasteiger charge is -2.37. The van der Waals surface area contributed by atoms with Crippen LogP contribution in [0.1, 0.15) is 56.9 Å². The number of amides is 2. The lowest BCUT2D eigenvalue weighted by atomic mass is 9.79. The number of hydrogen-bond acceptors (Lipinski definition) is 5. The highest BCUT2D eigenvalue weighted by Crippen LogP contribution is 2.45. The lowest BCUT2D eigenvalue weighted by Crippen LogP contribution is -2.46. The van der Waals surface area contributed by atoms with Crippen LogP contribution in [0.3, 0.4) is 0 Å². The number of nitrogens with one attached hydrogen (secondary N) is 1. The molecule has 48 heavy (non-hydrogen) atoms. The fourth-order valence-electron chi connectivity index (χ4n) is 7.15. The topological polar surface area (TPSA) is 84.9 Å². The van der Waals surface area contributed by atoms with Gasteiger partial charge in [-0.3, -0.25) is 9.69 Å². The molecule has 1 N–H and O–H groups in total. The number of rotatable bonds is 8. The van der Waals surface area contributed by atoms with Crippen molar-refractivity contribution in [1.29, 1.82) is 0 Å². The van der Waals surface area contributed by atoms with Crippen LogP contribution in [-0.4, -0.2) is 49.1 Å². The van der Waals surface area contributed by atoms with E-state index < -0.39 is 23.7 Å². The minimum atomic E-state index is -1.35. The monoisotopic (exact) mass is 636 g/mol. The fraction of sp³-hybridized carbons (Fsp3) is 0.195. The summed E-state index contributed by atoms with van der Waals surface area (Å²) in [6, 6.07) is 41.8. The Bertz CT molecular complexity index is 1860. The molecule has 5 aromatic carbocycles. The van der Waals surface area contributed by atoms with E-state index in [-0.39, 0.29) is 18.4 Å². The Morgan fingerprint density at radius 1 is 0.708 bits per heavy atom. The van der Waals surface area contributed by atoms with Crippen molar-refractivity contribution in [1.82, 2.24) is 10.2 Å². The van der Waals surface area contributed by atoms with Crippen LogP contribution in [0.4, 0.5) is 4.79 Å². The molecule has 0 saturated carbocycles. The Labute approximate surface area is 280 Å². The van der Waals surface area contributed by atoms with Crippen LogP contribution >= 0.6 is 0 Å². The second kappa shape index (κ2) is 13.2. The summed E-state index contributed by atoms with van der Waals surface area (Å²) in [6.45, 7) is 0.557. The van der Waals surface area contributed by atoms with Crippen molar-refractivity contribution in [2.75, 3.05) is 20.2 Å². The maximum atomic E-state index is 14.4. The second-order valence-electron chi connectivity index (χ2n) is 12.1. The largest absolute Gasteiger partial charge is 0.448 e. The molecule has 2 aliphatic rings. The SMILES string of the molecule is CNC(=O)c1ccc(C(OC(=O)[C@H]2CCCN2C(=O)OCC2c3ccccc3-c3ccccc32)(c2ccccc2)c2ccccc2)cc1. The first-order valence-corrected chi connectivity index (χ1v) is 16.3. The Balaban J connectivity index is 1.18. The van der Waals surface area contributed by atoms with Crippen LogP contribution in [0.25, 0.3) is 11.1 Å². The highest BCUT2D eigenvalue weighted by Gasteiger charge is 2.45. The molecule has 0 unspecified atom stereocenters. The van der Waals surface area contributed by atoms with E-state index in [1.54, 1.807) is 19.2 Å². The number of likely N-dealkylation sites (tertiary alicyclic amines) is 1. The predicted octanol–water partition coefficient (Wildman–Crippen LogP) is 7.29. The van der Waals surface area contributed by atoms with Crippen LogP contribution < -0.4 is 5.32 Å². The van der Waals surface area contributed by atoms with Crippen molar-refractivity contribution in [3.63, 3.8) is 0 Å². The van der Waals surface area contributed by atoms with Gasteiger partial charge in [-0.1, -0.05) is 121 Å². The fourth-order valence-corrected chi connectivity index (χ4v) is 7.15. The summed E-state index contributed by atoms with van der Waals surface area (Å²) in [5.41, 5.74) is 5.84. The van der Waals surface area contributed by atoms with E-state index in [4.69, 9.17) is 9.47 Å². The summed E-state index contributed by atoms with van der Waals surface area (Å²) >= 11 is 0. The Hall–Kier alpha value is -5.69. The van der Waals surface area contributed by atoms with Crippen LogP contribution in [-0.2, 0) is 19.9 Å². The summed E-state index contributed by atoms with van der Waals surface area (Å²) in [6.07, 6.45) is 0.573. The van der Waals surface area contributed by atoms with E-state index in [0.717, 1.165) is 33.4 Å². The van der Waals surface area contributed by atoms with Gasteiger partial charge in [-0.05, 0) is 47.2 Å². The van der Waals surface area contributed by atoms with Crippen LogP contribution in [0, 0.1) is 0 Å². The molecule has 1 atom stereocenters. The number of carbonyl (C=O) groups excluding carboxylic acids is 3. The van der Waals surface area contributed by atoms with Gasteiger partial charge in [0.15, 0.2) is 5.60 Å². The zero-order valence-electron chi connectivity index (χ0n) is 26.7. The molecule has 7 nitrogen and oxygen atoms in total. The van der Waals surface area contributed by atoms with E-state index in [2.05, 4.69) is 29.6 Å². The molecule has 1 fully saturated rings. The second-order valence-corrected chi connectivity index (χ2v) is 12.1. The highest BCUT2D eigenvalue weighted by molar-refractivity contribution is 5.94. The molecule has 1 aliphatic heterocycles. The first-order valence-electron chi connectivity index (χ1n) is 16.3. The first-order chi connectivity index (χ1) is 23.5. The van der Waals surface area contributed by atoms with Gasteiger partial charge in [-0.2, -0.15) is 0 Å². The number of nitrogens with zero attached hydrogens (tertiary/aromatic N) is 1.